The topological polar surface area (TPSA) is 82.2 Å². The van der Waals surface area contributed by atoms with Gasteiger partial charge in [-0.2, -0.15) is 0 Å². The Hall–Kier alpha value is -2.95. The molecule has 0 fully saturated rings. The third kappa shape index (κ3) is 1.76. The Kier molecular flexibility index (Phi) is 2.61. The Bertz CT molecular complexity index is 928. The molecule has 2 aliphatic rings. The standard InChI is InChI=1S/C15H10N2O3/c16-15(20)17-11-4-2-1-3-9(11)5-6-10-7-13(18)14(19)8-12(10)17/h1-8H,(H2,16,20). The number of carbonyl (C=O) groups excluding carboxylic acids is 1. The zero-order valence-corrected chi connectivity index (χ0v) is 10.4. The summed E-state index contributed by atoms with van der Waals surface area (Å²) in [5.74, 6) is 0. The number of fused-ring (bicyclic) bond motifs is 2. The normalized spacial score (nSPS) is 10.8. The summed E-state index contributed by atoms with van der Waals surface area (Å²) in [6, 6.07) is 12.3. The van der Waals surface area contributed by atoms with E-state index in [-0.39, 0.29) is 0 Å². The van der Waals surface area contributed by atoms with Gasteiger partial charge in [0.25, 0.3) is 0 Å². The molecule has 20 heavy (non-hydrogen) atoms. The van der Waals surface area contributed by atoms with Gasteiger partial charge in [-0.15, -0.1) is 0 Å². The van der Waals surface area contributed by atoms with Crippen LogP contribution in [0.15, 0.2) is 58.1 Å². The molecule has 1 aliphatic heterocycles. The molecule has 3 rings (SSSR count). The highest BCUT2D eigenvalue weighted by molar-refractivity contribution is 5.93. The monoisotopic (exact) mass is 266 g/mol. The molecule has 1 amide bonds. The summed E-state index contributed by atoms with van der Waals surface area (Å²) in [6.45, 7) is 0. The number of benzene rings is 2. The number of hydrogen-bond acceptors (Lipinski definition) is 3. The molecule has 1 aliphatic carbocycles. The van der Waals surface area contributed by atoms with E-state index in [0.29, 0.717) is 16.8 Å². The van der Waals surface area contributed by atoms with Crippen LogP contribution in [0.4, 0.5) is 4.79 Å². The van der Waals surface area contributed by atoms with Gasteiger partial charge in [0, 0.05) is 11.6 Å². The third-order valence-electron chi connectivity index (χ3n) is 3.17. The van der Waals surface area contributed by atoms with Gasteiger partial charge in [-0.1, -0.05) is 30.3 Å². The van der Waals surface area contributed by atoms with E-state index in [9.17, 15) is 14.4 Å². The van der Waals surface area contributed by atoms with E-state index in [1.54, 1.807) is 24.3 Å². The summed E-state index contributed by atoms with van der Waals surface area (Å²) < 4.78 is 1.24. The highest BCUT2D eigenvalue weighted by atomic mass is 16.2. The van der Waals surface area contributed by atoms with Crippen molar-refractivity contribution < 1.29 is 4.79 Å². The van der Waals surface area contributed by atoms with Gasteiger partial charge in [-0.25, -0.2) is 4.79 Å². The van der Waals surface area contributed by atoms with E-state index in [4.69, 9.17) is 5.73 Å². The molecular weight excluding hydrogens is 256 g/mol. The van der Waals surface area contributed by atoms with Crippen LogP contribution < -0.4 is 16.6 Å². The number of rotatable bonds is 0. The minimum Gasteiger partial charge on any atom is -0.351 e. The van der Waals surface area contributed by atoms with Crippen LogP contribution in [-0.2, 0) is 0 Å². The lowest BCUT2D eigenvalue weighted by Gasteiger charge is -2.09. The Labute approximate surface area is 113 Å². The van der Waals surface area contributed by atoms with E-state index in [0.717, 1.165) is 11.5 Å². The van der Waals surface area contributed by atoms with Crippen molar-refractivity contribution in [2.45, 2.75) is 0 Å². The number of nitrogens with two attached hydrogens (primary N) is 1. The largest absolute Gasteiger partial charge is 0.351 e. The predicted molar refractivity (Wildman–Crippen MR) is 76.1 cm³/mol. The van der Waals surface area contributed by atoms with Gasteiger partial charge in [0.2, 0.25) is 10.9 Å². The van der Waals surface area contributed by atoms with Crippen LogP contribution in [0.1, 0.15) is 0 Å². The van der Waals surface area contributed by atoms with Crippen LogP contribution in [0.5, 0.6) is 0 Å². The van der Waals surface area contributed by atoms with Crippen molar-refractivity contribution in [3.8, 4) is 11.3 Å². The second kappa shape index (κ2) is 4.31. The van der Waals surface area contributed by atoms with Gasteiger partial charge in [-0.05, 0) is 17.5 Å². The summed E-state index contributed by atoms with van der Waals surface area (Å²) >= 11 is 0. The Morgan fingerprint density at radius 3 is 2.40 bits per heavy atom. The molecule has 5 heteroatoms. The molecule has 0 bridgehead atoms. The first-order valence-corrected chi connectivity index (χ1v) is 5.96. The van der Waals surface area contributed by atoms with E-state index >= 15 is 0 Å². The molecule has 1 heterocycles. The van der Waals surface area contributed by atoms with Crippen LogP contribution in [-0.4, -0.2) is 10.6 Å². The molecule has 5 nitrogen and oxygen atoms in total. The van der Waals surface area contributed by atoms with Crippen molar-refractivity contribution in [2.24, 2.45) is 5.73 Å². The molecular formula is C15H10N2O3. The molecule has 0 aromatic heterocycles. The number of primary amides is 1. The molecule has 98 valence electrons. The lowest BCUT2D eigenvalue weighted by atomic mass is 10.1. The summed E-state index contributed by atoms with van der Waals surface area (Å²) in [5.41, 5.74) is 5.55. The molecule has 0 saturated heterocycles. The Morgan fingerprint density at radius 2 is 1.65 bits per heavy atom. The molecule has 0 unspecified atom stereocenters. The van der Waals surface area contributed by atoms with Crippen LogP contribution in [0.3, 0.4) is 0 Å². The van der Waals surface area contributed by atoms with Crippen LogP contribution in [0, 0.1) is 0 Å². The van der Waals surface area contributed by atoms with Gasteiger partial charge in [0.15, 0.2) is 0 Å². The van der Waals surface area contributed by atoms with Crippen molar-refractivity contribution in [3.05, 3.63) is 69.0 Å². The highest BCUT2D eigenvalue weighted by Crippen LogP contribution is 2.22. The van der Waals surface area contributed by atoms with Crippen LogP contribution in [0.2, 0.25) is 0 Å². The maximum atomic E-state index is 11.8. The second-order valence-corrected chi connectivity index (χ2v) is 4.42. The van der Waals surface area contributed by atoms with Gasteiger partial charge >= 0.3 is 6.03 Å². The predicted octanol–water partition coefficient (Wildman–Crippen LogP) is 1.39. The summed E-state index contributed by atoms with van der Waals surface area (Å²) in [7, 11) is 0. The average molecular weight is 266 g/mol. The summed E-state index contributed by atoms with van der Waals surface area (Å²) in [5, 5.41) is 0.780. The molecule has 1 aromatic rings. The van der Waals surface area contributed by atoms with E-state index < -0.39 is 16.9 Å². The number of amides is 1. The van der Waals surface area contributed by atoms with Gasteiger partial charge in [0.1, 0.15) is 0 Å². The van der Waals surface area contributed by atoms with Crippen LogP contribution >= 0.6 is 0 Å². The SMILES string of the molecule is NC(=O)n1c2cc(=O)c(=O)cc-2ccc2ccccc21. The molecule has 0 spiro atoms. The first-order chi connectivity index (χ1) is 9.58. The molecule has 0 radical (unpaired) electrons. The first-order valence-electron chi connectivity index (χ1n) is 5.96. The quantitative estimate of drug-likeness (QED) is 0.624. The highest BCUT2D eigenvalue weighted by Gasteiger charge is 2.13. The van der Waals surface area contributed by atoms with Crippen LogP contribution in [0.25, 0.3) is 22.2 Å². The van der Waals surface area contributed by atoms with Gasteiger partial charge in [-0.3, -0.25) is 14.2 Å². The lowest BCUT2D eigenvalue weighted by molar-refractivity contribution is 0.251. The number of aromatic nitrogens is 1. The smallest absolute Gasteiger partial charge is 0.323 e. The fourth-order valence-electron chi connectivity index (χ4n) is 2.27. The maximum absolute atomic E-state index is 11.8. The minimum atomic E-state index is -0.708. The zero-order valence-electron chi connectivity index (χ0n) is 10.4. The van der Waals surface area contributed by atoms with Crippen molar-refractivity contribution in [3.63, 3.8) is 0 Å². The number of para-hydroxylation sites is 1. The third-order valence-corrected chi connectivity index (χ3v) is 3.17. The molecule has 0 atom stereocenters. The Morgan fingerprint density at radius 1 is 0.950 bits per heavy atom. The minimum absolute atomic E-state index is 0.323. The van der Waals surface area contributed by atoms with Gasteiger partial charge < -0.3 is 5.73 Å². The second-order valence-electron chi connectivity index (χ2n) is 4.42. The van der Waals surface area contributed by atoms with Crippen molar-refractivity contribution >= 4 is 16.9 Å². The molecule has 0 saturated carbocycles. The van der Waals surface area contributed by atoms with Crippen molar-refractivity contribution in [1.82, 2.24) is 4.57 Å². The van der Waals surface area contributed by atoms with E-state index in [2.05, 4.69) is 0 Å². The Balaban J connectivity index is 2.65. The summed E-state index contributed by atoms with van der Waals surface area (Å²) in [6.07, 6.45) is 0. The molecule has 1 aromatic carbocycles. The molecule has 2 N–H and O–H groups in total. The maximum Gasteiger partial charge on any atom is 0.323 e. The average Bonchev–Trinajstić information content (AvgIpc) is 2.56. The van der Waals surface area contributed by atoms with E-state index in [1.807, 2.05) is 12.1 Å². The number of hydrogen-bond donors (Lipinski definition) is 1. The first kappa shape index (κ1) is 12.1. The van der Waals surface area contributed by atoms with Crippen molar-refractivity contribution in [2.75, 3.05) is 0 Å². The lowest BCUT2D eigenvalue weighted by Crippen LogP contribution is -2.26. The fraction of sp³-hybridized carbons (Fsp3) is 0. The number of carbonyl (C=O) groups is 1. The fourth-order valence-corrected chi connectivity index (χ4v) is 2.27. The zero-order chi connectivity index (χ0) is 14.3. The summed E-state index contributed by atoms with van der Waals surface area (Å²) in [4.78, 5) is 34.8. The van der Waals surface area contributed by atoms with Crippen molar-refractivity contribution in [1.29, 1.82) is 0 Å². The van der Waals surface area contributed by atoms with Gasteiger partial charge in [0.05, 0.1) is 11.2 Å². The number of nitrogens with zero attached hydrogens (tertiary/aromatic N) is 1. The van der Waals surface area contributed by atoms with E-state index in [1.165, 1.54) is 10.6 Å².